The van der Waals surface area contributed by atoms with Gasteiger partial charge in [-0.25, -0.2) is 0 Å². The van der Waals surface area contributed by atoms with Crippen LogP contribution in [0.5, 0.6) is 0 Å². The van der Waals surface area contributed by atoms with E-state index >= 15 is 0 Å². The molecule has 0 radical (unpaired) electrons. The lowest BCUT2D eigenvalue weighted by Gasteiger charge is -2.37. The third kappa shape index (κ3) is 3.40. The number of para-hydroxylation sites is 1. The van der Waals surface area contributed by atoms with E-state index < -0.39 is 5.91 Å². The lowest BCUT2D eigenvalue weighted by atomic mass is 10.0. The predicted molar refractivity (Wildman–Crippen MR) is 105 cm³/mol. The summed E-state index contributed by atoms with van der Waals surface area (Å²) in [4.78, 5) is 28.2. The lowest BCUT2D eigenvalue weighted by Crippen LogP contribution is -2.47. The Morgan fingerprint density at radius 3 is 2.08 bits per heavy atom. The van der Waals surface area contributed by atoms with Crippen LogP contribution < -0.4 is 15.5 Å². The Kier molecular flexibility index (Phi) is 4.93. The number of carbonyl (C=O) groups excluding carboxylic acids is 1. The summed E-state index contributed by atoms with van der Waals surface area (Å²) < 4.78 is 0.801. The maximum atomic E-state index is 12.1. The van der Waals surface area contributed by atoms with Gasteiger partial charge in [0, 0.05) is 53.2 Å². The molecule has 1 amide bonds. The molecule has 0 aromatic heterocycles. The summed E-state index contributed by atoms with van der Waals surface area (Å²) in [5.74, 6) is -0.512. The molecule has 1 aliphatic rings. The zero-order chi connectivity index (χ0) is 18.8. The smallest absolute Gasteiger partial charge is 0.279 e. The fourth-order valence-corrected chi connectivity index (χ4v) is 3.56. The van der Waals surface area contributed by atoms with Crippen LogP contribution in [0.15, 0.2) is 36.4 Å². The molecule has 0 bridgehead atoms. The lowest BCUT2D eigenvalue weighted by molar-refractivity contribution is -0.427. The molecule has 6 nitrogen and oxygen atoms in total. The molecule has 2 N–H and O–H groups in total. The minimum atomic E-state index is -0.512. The molecule has 1 heterocycles. The van der Waals surface area contributed by atoms with E-state index in [1.54, 1.807) is 6.07 Å². The van der Waals surface area contributed by atoms with Crippen molar-refractivity contribution in [2.24, 2.45) is 5.73 Å². The molecular formula is C20H25N4O2+. The van der Waals surface area contributed by atoms with Gasteiger partial charge in [-0.2, -0.15) is 0 Å². The second-order valence-corrected chi connectivity index (χ2v) is 6.78. The summed E-state index contributed by atoms with van der Waals surface area (Å²) in [6, 6.07) is 11.9. The number of aryl methyl sites for hydroxylation is 2. The highest BCUT2D eigenvalue weighted by Crippen LogP contribution is 2.32. The molecule has 0 aliphatic carbocycles. The van der Waals surface area contributed by atoms with E-state index in [1.165, 1.54) is 18.3 Å². The Bertz CT molecular complexity index is 855. The molecule has 6 heteroatoms. The third-order valence-electron chi connectivity index (χ3n) is 5.00. The number of benzene rings is 2. The SMILES string of the molecule is Cc1cc(N2CCN(c3ccccc3C)CC2)c([N+](C)=O)cc1C(N)=O. The van der Waals surface area contributed by atoms with Gasteiger partial charge in [0.1, 0.15) is 5.69 Å². The first-order valence-electron chi connectivity index (χ1n) is 8.79. The fourth-order valence-electron chi connectivity index (χ4n) is 3.56. The monoisotopic (exact) mass is 353 g/mol. The molecule has 0 unspecified atom stereocenters. The summed E-state index contributed by atoms with van der Waals surface area (Å²) in [6.07, 6.45) is 0. The van der Waals surface area contributed by atoms with Gasteiger partial charge < -0.3 is 15.5 Å². The average molecular weight is 353 g/mol. The maximum absolute atomic E-state index is 12.1. The molecule has 2 aromatic rings. The highest BCUT2D eigenvalue weighted by atomic mass is 16.3. The topological polar surface area (TPSA) is 69.7 Å². The number of carbonyl (C=O) groups is 1. The standard InChI is InChI=1S/C20H24N4O2/c1-14-6-4-5-7-17(14)23-8-10-24(11-9-23)19-12-15(2)16(20(21)25)13-18(19)22(3)26/h4-7,12-13H,8-11H2,1-3H3,(H-,21,25)/p+1. The van der Waals surface area contributed by atoms with Crippen molar-refractivity contribution in [3.8, 4) is 0 Å². The number of primary amides is 1. The van der Waals surface area contributed by atoms with Gasteiger partial charge in [0.05, 0.1) is 0 Å². The van der Waals surface area contributed by atoms with Crippen molar-refractivity contribution < 1.29 is 9.55 Å². The summed E-state index contributed by atoms with van der Waals surface area (Å²) in [7, 11) is 1.45. The largest absolute Gasteiger partial charge is 0.368 e. The number of piperazine rings is 1. The van der Waals surface area contributed by atoms with Gasteiger partial charge in [0.15, 0.2) is 7.05 Å². The van der Waals surface area contributed by atoms with Crippen molar-refractivity contribution in [1.29, 1.82) is 0 Å². The number of anilines is 2. The van der Waals surface area contributed by atoms with E-state index in [9.17, 15) is 9.70 Å². The van der Waals surface area contributed by atoms with E-state index in [1.807, 2.05) is 13.0 Å². The van der Waals surface area contributed by atoms with E-state index in [2.05, 4.69) is 41.0 Å². The van der Waals surface area contributed by atoms with Crippen LogP contribution in [0.2, 0.25) is 0 Å². The molecule has 3 rings (SSSR count). The van der Waals surface area contributed by atoms with Gasteiger partial charge in [-0.15, -0.1) is 0 Å². The number of nitroso groups, excluding NO2 is 1. The van der Waals surface area contributed by atoms with Crippen molar-refractivity contribution in [3.63, 3.8) is 0 Å². The molecule has 2 aromatic carbocycles. The Morgan fingerprint density at radius 2 is 1.54 bits per heavy atom. The zero-order valence-electron chi connectivity index (χ0n) is 15.5. The number of amides is 1. The molecule has 0 saturated carbocycles. The number of rotatable bonds is 4. The van der Waals surface area contributed by atoms with Crippen molar-refractivity contribution in [2.45, 2.75) is 13.8 Å². The first-order chi connectivity index (χ1) is 12.4. The van der Waals surface area contributed by atoms with Crippen LogP contribution in [0.3, 0.4) is 0 Å². The Hall–Kier alpha value is -2.89. The minimum absolute atomic E-state index is 0.394. The first kappa shape index (κ1) is 17.9. The molecule has 136 valence electrons. The number of hydrogen-bond acceptors (Lipinski definition) is 4. The van der Waals surface area contributed by atoms with Gasteiger partial charge in [0.2, 0.25) is 5.91 Å². The normalized spacial score (nSPS) is 14.4. The predicted octanol–water partition coefficient (Wildman–Crippen LogP) is 2.77. The molecule has 0 spiro atoms. The van der Waals surface area contributed by atoms with Crippen molar-refractivity contribution in [3.05, 3.63) is 58.0 Å². The van der Waals surface area contributed by atoms with E-state index in [4.69, 9.17) is 5.73 Å². The summed E-state index contributed by atoms with van der Waals surface area (Å²) >= 11 is 0. The van der Waals surface area contributed by atoms with Crippen LogP contribution in [0.4, 0.5) is 17.1 Å². The van der Waals surface area contributed by atoms with Crippen molar-refractivity contribution >= 4 is 23.0 Å². The van der Waals surface area contributed by atoms with E-state index in [0.717, 1.165) is 42.2 Å². The molecule has 26 heavy (non-hydrogen) atoms. The van der Waals surface area contributed by atoms with Gasteiger partial charge in [-0.3, -0.25) is 4.79 Å². The summed E-state index contributed by atoms with van der Waals surface area (Å²) in [5.41, 5.74) is 10.5. The van der Waals surface area contributed by atoms with Crippen LogP contribution in [0, 0.1) is 18.8 Å². The number of nitrogens with zero attached hydrogens (tertiary/aromatic N) is 3. The third-order valence-corrected chi connectivity index (χ3v) is 5.00. The fraction of sp³-hybridized carbons (Fsp3) is 0.350. The van der Waals surface area contributed by atoms with Gasteiger partial charge in [0.25, 0.3) is 5.69 Å². The summed E-state index contributed by atoms with van der Waals surface area (Å²) in [5, 5.41) is 0. The van der Waals surface area contributed by atoms with E-state index in [0.29, 0.717) is 11.3 Å². The Morgan fingerprint density at radius 1 is 0.962 bits per heavy atom. The minimum Gasteiger partial charge on any atom is -0.368 e. The highest BCUT2D eigenvalue weighted by molar-refractivity contribution is 5.96. The first-order valence-corrected chi connectivity index (χ1v) is 8.79. The van der Waals surface area contributed by atoms with Crippen molar-refractivity contribution in [2.75, 3.05) is 43.0 Å². The second-order valence-electron chi connectivity index (χ2n) is 6.78. The van der Waals surface area contributed by atoms with Crippen LogP contribution in [0.1, 0.15) is 21.5 Å². The molecule has 0 atom stereocenters. The molecule has 1 saturated heterocycles. The van der Waals surface area contributed by atoms with Gasteiger partial charge in [-0.1, -0.05) is 18.2 Å². The van der Waals surface area contributed by atoms with Gasteiger partial charge >= 0.3 is 0 Å². The molecular weight excluding hydrogens is 328 g/mol. The summed E-state index contributed by atoms with van der Waals surface area (Å²) in [6.45, 7) is 7.35. The zero-order valence-corrected chi connectivity index (χ0v) is 15.5. The Labute approximate surface area is 153 Å². The van der Waals surface area contributed by atoms with Crippen LogP contribution >= 0.6 is 0 Å². The van der Waals surface area contributed by atoms with Crippen LogP contribution in [0.25, 0.3) is 0 Å². The quantitative estimate of drug-likeness (QED) is 0.858. The van der Waals surface area contributed by atoms with E-state index in [-0.39, 0.29) is 0 Å². The average Bonchev–Trinajstić information content (AvgIpc) is 2.61. The Balaban J connectivity index is 1.85. The number of hydrogen-bond donors (Lipinski definition) is 1. The van der Waals surface area contributed by atoms with Crippen LogP contribution in [-0.2, 0) is 0 Å². The van der Waals surface area contributed by atoms with Crippen molar-refractivity contribution in [1.82, 2.24) is 0 Å². The molecule has 1 fully saturated rings. The highest BCUT2D eigenvalue weighted by Gasteiger charge is 2.26. The van der Waals surface area contributed by atoms with Crippen LogP contribution in [-0.4, -0.2) is 43.9 Å². The van der Waals surface area contributed by atoms with Gasteiger partial charge in [-0.05, 0) is 37.1 Å². The number of nitrogens with two attached hydrogens (primary N) is 1. The molecule has 1 aliphatic heterocycles. The second kappa shape index (κ2) is 7.15. The maximum Gasteiger partial charge on any atom is 0.279 e.